The fourth-order valence-corrected chi connectivity index (χ4v) is 2.21. The van der Waals surface area contributed by atoms with Crippen LogP contribution in [-0.4, -0.2) is 18.1 Å². The van der Waals surface area contributed by atoms with Crippen molar-refractivity contribution in [3.05, 3.63) is 47.5 Å². The van der Waals surface area contributed by atoms with Gasteiger partial charge in [-0.3, -0.25) is 4.55 Å². The second-order valence-electron chi connectivity index (χ2n) is 4.60. The summed E-state index contributed by atoms with van der Waals surface area (Å²) in [5.41, 5.74) is 1.50. The average Bonchev–Trinajstić information content (AvgIpc) is 2.23. The summed E-state index contributed by atoms with van der Waals surface area (Å²) in [4.78, 5) is 0. The number of hydrogen-bond acceptors (Lipinski definition) is 5. The van der Waals surface area contributed by atoms with Crippen LogP contribution >= 0.6 is 0 Å². The first-order valence-electron chi connectivity index (χ1n) is 5.98. The van der Waals surface area contributed by atoms with E-state index in [9.17, 15) is 13.5 Å². The van der Waals surface area contributed by atoms with Crippen LogP contribution < -0.4 is 8.92 Å². The van der Waals surface area contributed by atoms with Crippen LogP contribution in [0.1, 0.15) is 11.1 Å². The summed E-state index contributed by atoms with van der Waals surface area (Å²) in [6, 6.07) is 9.14. The maximum atomic E-state index is 10.7. The molecule has 0 radical (unpaired) electrons. The lowest BCUT2D eigenvalue weighted by atomic mass is 10.2. The summed E-state index contributed by atoms with van der Waals surface area (Å²) in [5.74, 6) is 0.714. The van der Waals surface area contributed by atoms with E-state index in [1.165, 1.54) is 18.2 Å². The van der Waals surface area contributed by atoms with Crippen molar-refractivity contribution in [1.82, 2.24) is 0 Å². The third-order valence-corrected chi connectivity index (χ3v) is 2.90. The second-order valence-corrected chi connectivity index (χ2v) is 5.62. The smallest absolute Gasteiger partial charge is 0.446 e. The lowest BCUT2D eigenvalue weighted by Gasteiger charge is -2.10. The zero-order valence-electron chi connectivity index (χ0n) is 11.4. The molecule has 0 saturated heterocycles. The first-order chi connectivity index (χ1) is 9.71. The molecule has 0 aliphatic rings. The van der Waals surface area contributed by atoms with Gasteiger partial charge in [0.05, 0.1) is 0 Å². The van der Waals surface area contributed by atoms with Gasteiger partial charge in [0, 0.05) is 12.1 Å². The number of benzene rings is 2. The Balaban J connectivity index is 2.31. The predicted molar refractivity (Wildman–Crippen MR) is 76.3 cm³/mol. The summed E-state index contributed by atoms with van der Waals surface area (Å²) in [7, 11) is -4.59. The number of rotatable bonds is 4. The third kappa shape index (κ3) is 4.66. The van der Waals surface area contributed by atoms with Gasteiger partial charge in [0.2, 0.25) is 0 Å². The number of phenolic OH excluding ortho intramolecular Hbond substituents is 1. The van der Waals surface area contributed by atoms with Gasteiger partial charge in [-0.05, 0) is 49.2 Å². The van der Waals surface area contributed by atoms with Gasteiger partial charge < -0.3 is 14.0 Å². The van der Waals surface area contributed by atoms with Crippen LogP contribution in [0.15, 0.2) is 36.4 Å². The van der Waals surface area contributed by atoms with E-state index in [4.69, 9.17) is 9.29 Å². The number of phenols is 1. The topological polar surface area (TPSA) is 93.1 Å². The standard InChI is InChI=1S/C14H14O6S/c1-9-3-11(15)7-12(4-9)19-13-5-10(2)6-14(8-13)20-21(16,17)18/h3-8,15H,1-2H3,(H,16,17,18). The molecule has 2 N–H and O–H groups in total. The van der Waals surface area contributed by atoms with Crippen LogP contribution in [0.2, 0.25) is 0 Å². The average molecular weight is 310 g/mol. The summed E-state index contributed by atoms with van der Waals surface area (Å²) < 4.78 is 40.1. The van der Waals surface area contributed by atoms with Crippen molar-refractivity contribution in [2.45, 2.75) is 13.8 Å². The Labute approximate surface area is 122 Å². The molecule has 6 nitrogen and oxygen atoms in total. The molecule has 0 aromatic heterocycles. The van der Waals surface area contributed by atoms with Crippen LogP contribution in [0.3, 0.4) is 0 Å². The minimum Gasteiger partial charge on any atom is -0.508 e. The van der Waals surface area contributed by atoms with Crippen molar-refractivity contribution in [1.29, 1.82) is 0 Å². The normalized spacial score (nSPS) is 11.2. The quantitative estimate of drug-likeness (QED) is 0.843. The molecule has 0 atom stereocenters. The second kappa shape index (κ2) is 5.63. The predicted octanol–water partition coefficient (Wildman–Crippen LogP) is 2.98. The number of hydrogen-bond donors (Lipinski definition) is 2. The minimum atomic E-state index is -4.59. The van der Waals surface area contributed by atoms with Gasteiger partial charge in [-0.15, -0.1) is 0 Å². The summed E-state index contributed by atoms with van der Waals surface area (Å²) in [5, 5.41) is 9.52. The molecule has 7 heteroatoms. The van der Waals surface area contributed by atoms with Gasteiger partial charge in [-0.1, -0.05) is 0 Å². The van der Waals surface area contributed by atoms with Crippen molar-refractivity contribution >= 4 is 10.4 Å². The lowest BCUT2D eigenvalue weighted by molar-refractivity contribution is 0.385. The highest BCUT2D eigenvalue weighted by molar-refractivity contribution is 7.81. The molecule has 0 unspecified atom stereocenters. The van der Waals surface area contributed by atoms with E-state index in [1.807, 2.05) is 0 Å². The molecule has 0 aliphatic carbocycles. The molecule has 2 aromatic carbocycles. The Morgan fingerprint density at radius 1 is 0.857 bits per heavy atom. The Kier molecular flexibility index (Phi) is 4.06. The molecule has 0 fully saturated rings. The SMILES string of the molecule is Cc1cc(O)cc(Oc2cc(C)cc(OS(=O)(=O)O)c2)c1. The summed E-state index contributed by atoms with van der Waals surface area (Å²) in [6.45, 7) is 3.52. The van der Waals surface area contributed by atoms with E-state index in [2.05, 4.69) is 4.18 Å². The van der Waals surface area contributed by atoms with Gasteiger partial charge in [0.15, 0.2) is 0 Å². The molecule has 2 aromatic rings. The third-order valence-electron chi connectivity index (χ3n) is 2.50. The van der Waals surface area contributed by atoms with Gasteiger partial charge in [0.1, 0.15) is 23.0 Å². The molecule has 0 spiro atoms. The van der Waals surface area contributed by atoms with Crippen LogP contribution in [-0.2, 0) is 10.4 Å². The van der Waals surface area contributed by atoms with Crippen molar-refractivity contribution < 1.29 is 27.0 Å². The molecular weight excluding hydrogens is 296 g/mol. The minimum absolute atomic E-state index is 0.0621. The fraction of sp³-hybridized carbons (Fsp3) is 0.143. The Hall–Kier alpha value is -2.25. The molecule has 2 rings (SSSR count). The van der Waals surface area contributed by atoms with E-state index in [0.29, 0.717) is 17.1 Å². The molecule has 0 amide bonds. The van der Waals surface area contributed by atoms with Gasteiger partial charge in [0.25, 0.3) is 0 Å². The molecule has 112 valence electrons. The van der Waals surface area contributed by atoms with Gasteiger partial charge in [-0.2, -0.15) is 8.42 Å². The zero-order chi connectivity index (χ0) is 15.6. The Bertz CT molecular complexity index is 747. The monoisotopic (exact) mass is 310 g/mol. The van der Waals surface area contributed by atoms with E-state index in [1.54, 1.807) is 32.0 Å². The number of aromatic hydroxyl groups is 1. The largest absolute Gasteiger partial charge is 0.508 e. The van der Waals surface area contributed by atoms with Crippen molar-refractivity contribution in [2.24, 2.45) is 0 Å². The Morgan fingerprint density at radius 2 is 1.38 bits per heavy atom. The molecule has 0 bridgehead atoms. The van der Waals surface area contributed by atoms with Crippen LogP contribution in [0, 0.1) is 13.8 Å². The van der Waals surface area contributed by atoms with E-state index in [0.717, 1.165) is 5.56 Å². The van der Waals surface area contributed by atoms with Crippen molar-refractivity contribution in [3.8, 4) is 23.0 Å². The molecule has 0 heterocycles. The van der Waals surface area contributed by atoms with E-state index >= 15 is 0 Å². The fourth-order valence-electron chi connectivity index (χ4n) is 1.87. The molecule has 0 saturated carbocycles. The van der Waals surface area contributed by atoms with Crippen LogP contribution in [0.25, 0.3) is 0 Å². The molecule has 0 aliphatic heterocycles. The first kappa shape index (κ1) is 15.1. The van der Waals surface area contributed by atoms with Gasteiger partial charge >= 0.3 is 10.4 Å². The zero-order valence-corrected chi connectivity index (χ0v) is 12.2. The van der Waals surface area contributed by atoms with Gasteiger partial charge in [-0.25, -0.2) is 0 Å². The number of ether oxygens (including phenoxy) is 1. The molecule has 21 heavy (non-hydrogen) atoms. The van der Waals surface area contributed by atoms with E-state index in [-0.39, 0.29) is 11.5 Å². The molecular formula is C14H14O6S. The van der Waals surface area contributed by atoms with Crippen LogP contribution in [0.4, 0.5) is 0 Å². The first-order valence-corrected chi connectivity index (χ1v) is 7.35. The Morgan fingerprint density at radius 3 is 1.95 bits per heavy atom. The van der Waals surface area contributed by atoms with Crippen LogP contribution in [0.5, 0.6) is 23.0 Å². The lowest BCUT2D eigenvalue weighted by Crippen LogP contribution is -2.06. The summed E-state index contributed by atoms with van der Waals surface area (Å²) >= 11 is 0. The van der Waals surface area contributed by atoms with Crippen molar-refractivity contribution in [3.63, 3.8) is 0 Å². The maximum absolute atomic E-state index is 10.7. The number of aryl methyl sites for hydroxylation is 2. The van der Waals surface area contributed by atoms with E-state index < -0.39 is 10.4 Å². The van der Waals surface area contributed by atoms with Crippen molar-refractivity contribution in [2.75, 3.05) is 0 Å². The highest BCUT2D eigenvalue weighted by atomic mass is 32.3. The maximum Gasteiger partial charge on any atom is 0.446 e. The highest BCUT2D eigenvalue weighted by Gasteiger charge is 2.10. The highest BCUT2D eigenvalue weighted by Crippen LogP contribution is 2.30. The summed E-state index contributed by atoms with van der Waals surface area (Å²) in [6.07, 6.45) is 0.